The molecule has 130 valence electrons. The van der Waals surface area contributed by atoms with Gasteiger partial charge in [-0.15, -0.1) is 12.4 Å². The molecule has 23 heavy (non-hydrogen) atoms. The van der Waals surface area contributed by atoms with E-state index in [1.54, 1.807) is 0 Å². The van der Waals surface area contributed by atoms with E-state index in [9.17, 15) is 9.59 Å². The molecule has 0 spiro atoms. The van der Waals surface area contributed by atoms with Gasteiger partial charge in [0.2, 0.25) is 11.8 Å². The molecule has 0 heterocycles. The van der Waals surface area contributed by atoms with Gasteiger partial charge in [0.1, 0.15) is 0 Å². The zero-order valence-corrected chi connectivity index (χ0v) is 14.7. The predicted octanol–water partition coefficient (Wildman–Crippen LogP) is 1.65. The number of carbonyl (C=O) groups excluding carboxylic acids is 2. The van der Waals surface area contributed by atoms with Crippen LogP contribution in [-0.4, -0.2) is 30.9 Å². The number of rotatable bonds is 9. The lowest BCUT2D eigenvalue weighted by molar-refractivity contribution is -0.122. The van der Waals surface area contributed by atoms with Crippen LogP contribution in [0.25, 0.3) is 0 Å². The topological polar surface area (TPSA) is 84.2 Å². The minimum absolute atomic E-state index is 0. The molecule has 0 fully saturated rings. The first-order valence-electron chi connectivity index (χ1n) is 7.81. The van der Waals surface area contributed by atoms with Crippen molar-refractivity contribution in [2.45, 2.75) is 39.2 Å². The van der Waals surface area contributed by atoms with E-state index in [-0.39, 0.29) is 36.7 Å². The van der Waals surface area contributed by atoms with E-state index in [1.165, 1.54) is 0 Å². The fraction of sp³-hybridized carbons (Fsp3) is 0.529. The van der Waals surface area contributed by atoms with E-state index < -0.39 is 0 Å². The Morgan fingerprint density at radius 1 is 1.13 bits per heavy atom. The molecular formula is C17H28ClN3O2. The third-order valence-corrected chi connectivity index (χ3v) is 3.29. The van der Waals surface area contributed by atoms with Crippen LogP contribution in [0.5, 0.6) is 0 Å². The summed E-state index contributed by atoms with van der Waals surface area (Å²) in [6.45, 7) is 4.97. The molecule has 1 rings (SSSR count). The average molecular weight is 342 g/mol. The third kappa shape index (κ3) is 9.92. The Labute approximate surface area is 144 Å². The molecule has 1 unspecified atom stereocenters. The van der Waals surface area contributed by atoms with Gasteiger partial charge < -0.3 is 16.4 Å². The highest BCUT2D eigenvalue weighted by Gasteiger charge is 2.12. The molecule has 4 N–H and O–H groups in total. The third-order valence-electron chi connectivity index (χ3n) is 3.29. The second kappa shape index (κ2) is 11.9. The molecule has 0 bridgehead atoms. The Bertz CT molecular complexity index is 466. The summed E-state index contributed by atoms with van der Waals surface area (Å²) in [5.74, 6) is 0.340. The highest BCUT2D eigenvalue weighted by Crippen LogP contribution is 2.03. The first-order chi connectivity index (χ1) is 10.5. The molecule has 0 aliphatic carbocycles. The molecule has 0 saturated heterocycles. The molecule has 2 amide bonds. The van der Waals surface area contributed by atoms with Gasteiger partial charge in [-0.05, 0) is 17.9 Å². The quantitative estimate of drug-likeness (QED) is 0.638. The van der Waals surface area contributed by atoms with Crippen molar-refractivity contribution in [2.75, 3.05) is 13.1 Å². The van der Waals surface area contributed by atoms with Gasteiger partial charge in [-0.25, -0.2) is 0 Å². The summed E-state index contributed by atoms with van der Waals surface area (Å²) in [5, 5.41) is 5.67. The Balaban J connectivity index is 0.00000484. The molecule has 0 aromatic heterocycles. The van der Waals surface area contributed by atoms with Crippen molar-refractivity contribution in [1.82, 2.24) is 10.6 Å². The molecule has 1 aromatic carbocycles. The summed E-state index contributed by atoms with van der Waals surface area (Å²) in [4.78, 5) is 23.6. The summed E-state index contributed by atoms with van der Waals surface area (Å²) in [6.07, 6.45) is 1.47. The normalized spacial score (nSPS) is 11.5. The van der Waals surface area contributed by atoms with Crippen molar-refractivity contribution < 1.29 is 9.59 Å². The molecule has 0 saturated carbocycles. The Morgan fingerprint density at radius 2 is 1.78 bits per heavy atom. The van der Waals surface area contributed by atoms with Crippen molar-refractivity contribution in [1.29, 1.82) is 0 Å². The van der Waals surface area contributed by atoms with E-state index in [2.05, 4.69) is 24.5 Å². The lowest BCUT2D eigenvalue weighted by atomic mass is 10.0. The smallest absolute Gasteiger partial charge is 0.224 e. The molecule has 1 aromatic rings. The number of nitrogens with one attached hydrogen (secondary N) is 2. The molecule has 5 nitrogen and oxygen atoms in total. The second-order valence-electron chi connectivity index (χ2n) is 5.89. The van der Waals surface area contributed by atoms with Gasteiger partial charge in [0.05, 0.1) is 6.42 Å². The van der Waals surface area contributed by atoms with Gasteiger partial charge in [-0.1, -0.05) is 44.2 Å². The van der Waals surface area contributed by atoms with Gasteiger partial charge in [0, 0.05) is 25.6 Å². The monoisotopic (exact) mass is 341 g/mol. The van der Waals surface area contributed by atoms with Crippen LogP contribution in [0.1, 0.15) is 32.3 Å². The number of benzene rings is 1. The van der Waals surface area contributed by atoms with Gasteiger partial charge >= 0.3 is 0 Å². The number of hydrogen-bond donors (Lipinski definition) is 3. The molecule has 0 radical (unpaired) electrons. The SMILES string of the molecule is CC(C)CC(CN)NC(=O)CCNC(=O)Cc1ccccc1.Cl. The minimum Gasteiger partial charge on any atom is -0.355 e. The lowest BCUT2D eigenvalue weighted by Crippen LogP contribution is -2.42. The molecule has 6 heteroatoms. The van der Waals surface area contributed by atoms with Crippen LogP contribution in [0.15, 0.2) is 30.3 Å². The zero-order valence-electron chi connectivity index (χ0n) is 13.9. The van der Waals surface area contributed by atoms with E-state index in [0.29, 0.717) is 25.4 Å². The van der Waals surface area contributed by atoms with Crippen LogP contribution in [0, 0.1) is 5.92 Å². The standard InChI is InChI=1S/C17H27N3O2.ClH/c1-13(2)10-15(12-18)20-16(21)8-9-19-17(22)11-14-6-4-3-5-7-14;/h3-7,13,15H,8-12,18H2,1-2H3,(H,19,22)(H,20,21);1H. The largest absolute Gasteiger partial charge is 0.355 e. The summed E-state index contributed by atoms with van der Waals surface area (Å²) in [5.41, 5.74) is 6.61. The van der Waals surface area contributed by atoms with Gasteiger partial charge in [0.25, 0.3) is 0 Å². The maximum Gasteiger partial charge on any atom is 0.224 e. The number of halogens is 1. The van der Waals surface area contributed by atoms with Crippen LogP contribution in [0.2, 0.25) is 0 Å². The number of amides is 2. The van der Waals surface area contributed by atoms with Crippen molar-refractivity contribution >= 4 is 24.2 Å². The van der Waals surface area contributed by atoms with Crippen LogP contribution in [0.4, 0.5) is 0 Å². The van der Waals surface area contributed by atoms with Crippen LogP contribution < -0.4 is 16.4 Å². The first-order valence-corrected chi connectivity index (χ1v) is 7.81. The van der Waals surface area contributed by atoms with Gasteiger partial charge in [0.15, 0.2) is 0 Å². The van der Waals surface area contributed by atoms with E-state index >= 15 is 0 Å². The van der Waals surface area contributed by atoms with Crippen molar-refractivity contribution in [3.8, 4) is 0 Å². The lowest BCUT2D eigenvalue weighted by Gasteiger charge is -2.18. The van der Waals surface area contributed by atoms with Crippen molar-refractivity contribution in [2.24, 2.45) is 11.7 Å². The average Bonchev–Trinajstić information content (AvgIpc) is 2.47. The molecule has 0 aliphatic rings. The fourth-order valence-corrected chi connectivity index (χ4v) is 2.24. The van der Waals surface area contributed by atoms with Crippen molar-refractivity contribution in [3.05, 3.63) is 35.9 Å². The number of hydrogen-bond acceptors (Lipinski definition) is 3. The zero-order chi connectivity index (χ0) is 16.4. The maximum atomic E-state index is 11.8. The molecule has 1 atom stereocenters. The Hall–Kier alpha value is -1.59. The van der Waals surface area contributed by atoms with Crippen LogP contribution in [-0.2, 0) is 16.0 Å². The van der Waals surface area contributed by atoms with Crippen molar-refractivity contribution in [3.63, 3.8) is 0 Å². The molecule has 0 aliphatic heterocycles. The Morgan fingerprint density at radius 3 is 2.35 bits per heavy atom. The van der Waals surface area contributed by atoms with E-state index in [4.69, 9.17) is 5.73 Å². The highest BCUT2D eigenvalue weighted by atomic mass is 35.5. The van der Waals surface area contributed by atoms with Crippen LogP contribution >= 0.6 is 12.4 Å². The van der Waals surface area contributed by atoms with Gasteiger partial charge in [-0.3, -0.25) is 9.59 Å². The Kier molecular flexibility index (Phi) is 11.1. The maximum absolute atomic E-state index is 11.8. The second-order valence-corrected chi connectivity index (χ2v) is 5.89. The summed E-state index contributed by atoms with van der Waals surface area (Å²) < 4.78 is 0. The molecular weight excluding hydrogens is 314 g/mol. The van der Waals surface area contributed by atoms with E-state index in [1.807, 2.05) is 30.3 Å². The summed E-state index contributed by atoms with van der Waals surface area (Å²) in [6, 6.07) is 9.54. The summed E-state index contributed by atoms with van der Waals surface area (Å²) >= 11 is 0. The number of nitrogens with two attached hydrogens (primary N) is 1. The predicted molar refractivity (Wildman–Crippen MR) is 95.5 cm³/mol. The minimum atomic E-state index is -0.0730. The highest BCUT2D eigenvalue weighted by molar-refractivity contribution is 5.85. The van der Waals surface area contributed by atoms with Crippen LogP contribution in [0.3, 0.4) is 0 Å². The summed E-state index contributed by atoms with van der Waals surface area (Å²) in [7, 11) is 0. The van der Waals surface area contributed by atoms with Gasteiger partial charge in [-0.2, -0.15) is 0 Å². The number of carbonyl (C=O) groups is 2. The first kappa shape index (κ1) is 21.4. The fourth-order valence-electron chi connectivity index (χ4n) is 2.24. The van der Waals surface area contributed by atoms with E-state index in [0.717, 1.165) is 12.0 Å².